The Morgan fingerprint density at radius 1 is 1.05 bits per heavy atom. The molecule has 21 heavy (non-hydrogen) atoms. The van der Waals surface area contributed by atoms with Crippen molar-refractivity contribution in [3.05, 3.63) is 35.9 Å². The summed E-state index contributed by atoms with van der Waals surface area (Å²) in [6.45, 7) is 0.778. The minimum atomic E-state index is 0.0403. The Balaban J connectivity index is 1.27. The van der Waals surface area contributed by atoms with Crippen LogP contribution in [0.2, 0.25) is 0 Å². The van der Waals surface area contributed by atoms with E-state index in [-0.39, 0.29) is 6.03 Å². The Morgan fingerprint density at radius 3 is 2.33 bits per heavy atom. The second kappa shape index (κ2) is 6.97. The molecule has 2 aliphatic carbocycles. The highest BCUT2D eigenvalue weighted by Gasteiger charge is 2.42. The van der Waals surface area contributed by atoms with E-state index >= 15 is 0 Å². The van der Waals surface area contributed by atoms with Gasteiger partial charge in [0.25, 0.3) is 0 Å². The maximum atomic E-state index is 11.9. The summed E-state index contributed by atoms with van der Waals surface area (Å²) >= 11 is 0. The van der Waals surface area contributed by atoms with Gasteiger partial charge in [0.2, 0.25) is 0 Å². The van der Waals surface area contributed by atoms with E-state index in [0.717, 1.165) is 37.6 Å². The third-order valence-corrected chi connectivity index (χ3v) is 4.58. The van der Waals surface area contributed by atoms with Crippen LogP contribution in [0.3, 0.4) is 0 Å². The molecule has 114 valence electrons. The maximum absolute atomic E-state index is 11.9. The van der Waals surface area contributed by atoms with E-state index < -0.39 is 0 Å². The SMILES string of the molecule is O=C(NCCCCc1ccccc1)NC(C1CC1)C1CC1. The molecule has 0 spiro atoms. The molecular formula is C18H26N2O. The van der Waals surface area contributed by atoms with Gasteiger partial charge in [-0.25, -0.2) is 4.79 Å². The van der Waals surface area contributed by atoms with Crippen molar-refractivity contribution in [3.63, 3.8) is 0 Å². The van der Waals surface area contributed by atoms with Gasteiger partial charge in [-0.05, 0) is 62.3 Å². The van der Waals surface area contributed by atoms with Gasteiger partial charge in [-0.15, -0.1) is 0 Å². The Bertz CT molecular complexity index is 440. The van der Waals surface area contributed by atoms with Crippen molar-refractivity contribution in [1.29, 1.82) is 0 Å². The molecule has 0 atom stereocenters. The van der Waals surface area contributed by atoms with E-state index in [1.807, 2.05) is 6.07 Å². The van der Waals surface area contributed by atoms with Crippen molar-refractivity contribution in [3.8, 4) is 0 Å². The van der Waals surface area contributed by atoms with Crippen LogP contribution in [0, 0.1) is 11.8 Å². The molecule has 1 aromatic rings. The highest BCUT2D eigenvalue weighted by atomic mass is 16.2. The summed E-state index contributed by atoms with van der Waals surface area (Å²) in [5.74, 6) is 1.53. The number of nitrogens with one attached hydrogen (secondary N) is 2. The van der Waals surface area contributed by atoms with Crippen molar-refractivity contribution >= 4 is 6.03 Å². The fourth-order valence-corrected chi connectivity index (χ4v) is 3.03. The van der Waals surface area contributed by atoms with Crippen LogP contribution in [0.1, 0.15) is 44.1 Å². The molecule has 3 nitrogen and oxygen atoms in total. The fraction of sp³-hybridized carbons (Fsp3) is 0.611. The highest BCUT2D eigenvalue weighted by molar-refractivity contribution is 5.74. The number of rotatable bonds is 8. The maximum Gasteiger partial charge on any atom is 0.315 e. The lowest BCUT2D eigenvalue weighted by Crippen LogP contribution is -2.44. The number of carbonyl (C=O) groups excluding carboxylic acids is 1. The molecule has 2 saturated carbocycles. The van der Waals surface area contributed by atoms with E-state index in [0.29, 0.717) is 6.04 Å². The molecule has 2 fully saturated rings. The second-order valence-corrected chi connectivity index (χ2v) is 6.54. The van der Waals surface area contributed by atoms with E-state index in [4.69, 9.17) is 0 Å². The second-order valence-electron chi connectivity index (χ2n) is 6.54. The molecule has 2 N–H and O–H groups in total. The summed E-state index contributed by atoms with van der Waals surface area (Å²) in [7, 11) is 0. The quantitative estimate of drug-likeness (QED) is 0.706. The van der Waals surface area contributed by atoms with Gasteiger partial charge in [0.05, 0.1) is 0 Å². The van der Waals surface area contributed by atoms with Gasteiger partial charge in [-0.3, -0.25) is 0 Å². The lowest BCUT2D eigenvalue weighted by Gasteiger charge is -2.18. The first-order chi connectivity index (χ1) is 10.3. The van der Waals surface area contributed by atoms with Gasteiger partial charge >= 0.3 is 6.03 Å². The first-order valence-electron chi connectivity index (χ1n) is 8.41. The molecule has 0 saturated heterocycles. The van der Waals surface area contributed by atoms with Gasteiger partial charge in [-0.2, -0.15) is 0 Å². The Labute approximate surface area is 127 Å². The third kappa shape index (κ3) is 4.76. The molecule has 0 heterocycles. The number of benzene rings is 1. The van der Waals surface area contributed by atoms with Crippen molar-refractivity contribution < 1.29 is 4.79 Å². The third-order valence-electron chi connectivity index (χ3n) is 4.58. The van der Waals surface area contributed by atoms with Crippen molar-refractivity contribution in [2.75, 3.05) is 6.54 Å². The molecular weight excluding hydrogens is 260 g/mol. The number of unbranched alkanes of at least 4 members (excludes halogenated alkanes) is 1. The van der Waals surface area contributed by atoms with Crippen LogP contribution in [0.15, 0.2) is 30.3 Å². The molecule has 1 aromatic carbocycles. The average Bonchev–Trinajstić information content (AvgIpc) is 3.39. The van der Waals surface area contributed by atoms with Gasteiger partial charge in [-0.1, -0.05) is 30.3 Å². The van der Waals surface area contributed by atoms with Gasteiger partial charge in [0.15, 0.2) is 0 Å². The van der Waals surface area contributed by atoms with Crippen molar-refractivity contribution in [1.82, 2.24) is 10.6 Å². The minimum Gasteiger partial charge on any atom is -0.338 e. The van der Waals surface area contributed by atoms with Crippen LogP contribution in [-0.2, 0) is 6.42 Å². The predicted octanol–water partition coefficient (Wildman–Crippen LogP) is 3.50. The standard InChI is InChI=1S/C18H26N2O/c21-18(20-17(15-9-10-15)16-11-12-16)19-13-5-4-8-14-6-2-1-3-7-14/h1-3,6-7,15-17H,4-5,8-13H2,(H2,19,20,21). The van der Waals surface area contributed by atoms with Crippen molar-refractivity contribution in [2.24, 2.45) is 11.8 Å². The van der Waals surface area contributed by atoms with Gasteiger partial charge < -0.3 is 10.6 Å². The zero-order chi connectivity index (χ0) is 14.5. The molecule has 0 radical (unpaired) electrons. The lowest BCUT2D eigenvalue weighted by molar-refractivity contribution is 0.233. The van der Waals surface area contributed by atoms with E-state index in [1.54, 1.807) is 0 Å². The highest BCUT2D eigenvalue weighted by Crippen LogP contribution is 2.44. The van der Waals surface area contributed by atoms with E-state index in [1.165, 1.54) is 31.2 Å². The number of carbonyl (C=O) groups is 1. The Hall–Kier alpha value is -1.51. The number of aryl methyl sites for hydroxylation is 1. The molecule has 3 rings (SSSR count). The van der Waals surface area contributed by atoms with Crippen LogP contribution in [-0.4, -0.2) is 18.6 Å². The van der Waals surface area contributed by atoms with Crippen LogP contribution in [0.4, 0.5) is 4.79 Å². The van der Waals surface area contributed by atoms with Crippen LogP contribution in [0.5, 0.6) is 0 Å². The molecule has 0 aliphatic heterocycles. The zero-order valence-corrected chi connectivity index (χ0v) is 12.7. The molecule has 3 heteroatoms. The predicted molar refractivity (Wildman–Crippen MR) is 85.2 cm³/mol. The number of hydrogen-bond acceptors (Lipinski definition) is 1. The van der Waals surface area contributed by atoms with Crippen LogP contribution in [0.25, 0.3) is 0 Å². The molecule has 2 aliphatic rings. The van der Waals surface area contributed by atoms with Gasteiger partial charge in [0, 0.05) is 12.6 Å². The van der Waals surface area contributed by atoms with Crippen LogP contribution >= 0.6 is 0 Å². The summed E-state index contributed by atoms with van der Waals surface area (Å²) in [4.78, 5) is 11.9. The topological polar surface area (TPSA) is 41.1 Å². The molecule has 2 amide bonds. The number of amides is 2. The first-order valence-corrected chi connectivity index (χ1v) is 8.41. The fourth-order valence-electron chi connectivity index (χ4n) is 3.03. The largest absolute Gasteiger partial charge is 0.338 e. The lowest BCUT2D eigenvalue weighted by atomic mass is 10.1. The van der Waals surface area contributed by atoms with E-state index in [9.17, 15) is 4.79 Å². The van der Waals surface area contributed by atoms with E-state index in [2.05, 4.69) is 34.9 Å². The monoisotopic (exact) mass is 286 g/mol. The molecule has 0 aromatic heterocycles. The zero-order valence-electron chi connectivity index (χ0n) is 12.7. The normalized spacial score (nSPS) is 17.8. The summed E-state index contributed by atoms with van der Waals surface area (Å²) < 4.78 is 0. The molecule has 0 unspecified atom stereocenters. The first kappa shape index (κ1) is 14.4. The summed E-state index contributed by atoms with van der Waals surface area (Å²) in [6.07, 6.45) is 8.48. The number of hydrogen-bond donors (Lipinski definition) is 2. The summed E-state index contributed by atoms with van der Waals surface area (Å²) in [5, 5.41) is 6.21. The van der Waals surface area contributed by atoms with Crippen LogP contribution < -0.4 is 10.6 Å². The average molecular weight is 286 g/mol. The Morgan fingerprint density at radius 2 is 1.71 bits per heavy atom. The smallest absolute Gasteiger partial charge is 0.315 e. The van der Waals surface area contributed by atoms with Crippen molar-refractivity contribution in [2.45, 2.75) is 51.0 Å². The summed E-state index contributed by atoms with van der Waals surface area (Å²) in [6, 6.07) is 11.0. The van der Waals surface area contributed by atoms with Gasteiger partial charge in [0.1, 0.15) is 0 Å². The minimum absolute atomic E-state index is 0.0403. The molecule has 0 bridgehead atoms. The number of urea groups is 1. The summed E-state index contributed by atoms with van der Waals surface area (Å²) in [5.41, 5.74) is 1.38. The Kier molecular flexibility index (Phi) is 4.79.